The number of halogens is 3. The number of hydrogen-bond donors (Lipinski definition) is 1. The van der Waals surface area contributed by atoms with Crippen molar-refractivity contribution in [3.63, 3.8) is 0 Å². The molecule has 0 aliphatic rings. The molecule has 0 radical (unpaired) electrons. The van der Waals surface area contributed by atoms with Crippen LogP contribution < -0.4 is 9.50 Å². The van der Waals surface area contributed by atoms with Crippen LogP contribution in [-0.2, 0) is 37.5 Å². The van der Waals surface area contributed by atoms with Crippen molar-refractivity contribution in [3.05, 3.63) is 65.7 Å². The van der Waals surface area contributed by atoms with Crippen LogP contribution in [0.25, 0.3) is 0 Å². The SMILES string of the molecule is CC(=O)NC(Cc1ccc(OS(=O)(=O)C(F)(F)F)cc1)C(=O)OCc1ccccc1. The number of nitrogens with one attached hydrogen (secondary N) is 1. The Bertz CT molecular complexity index is 976. The van der Waals surface area contributed by atoms with Crippen LogP contribution in [0, 0.1) is 0 Å². The zero-order chi connectivity index (χ0) is 22.4. The lowest BCUT2D eigenvalue weighted by molar-refractivity contribution is -0.149. The second-order valence-electron chi connectivity index (χ2n) is 6.18. The van der Waals surface area contributed by atoms with Crippen molar-refractivity contribution in [1.82, 2.24) is 5.32 Å². The highest BCUT2D eigenvalue weighted by Gasteiger charge is 2.48. The van der Waals surface area contributed by atoms with Gasteiger partial charge in [-0.1, -0.05) is 42.5 Å². The number of alkyl halides is 3. The van der Waals surface area contributed by atoms with Crippen molar-refractivity contribution in [2.24, 2.45) is 0 Å². The third-order valence-corrected chi connectivity index (χ3v) is 4.72. The van der Waals surface area contributed by atoms with E-state index in [-0.39, 0.29) is 13.0 Å². The number of benzene rings is 2. The van der Waals surface area contributed by atoms with Gasteiger partial charge in [-0.2, -0.15) is 21.6 Å². The first-order chi connectivity index (χ1) is 14.0. The molecule has 0 aliphatic carbocycles. The van der Waals surface area contributed by atoms with Crippen molar-refractivity contribution in [1.29, 1.82) is 0 Å². The molecule has 2 aromatic carbocycles. The van der Waals surface area contributed by atoms with Gasteiger partial charge in [-0.15, -0.1) is 0 Å². The van der Waals surface area contributed by atoms with Gasteiger partial charge in [0.1, 0.15) is 18.4 Å². The predicted octanol–water partition coefficient (Wildman–Crippen LogP) is 2.71. The molecule has 2 rings (SSSR count). The Balaban J connectivity index is 2.05. The van der Waals surface area contributed by atoms with Crippen LogP contribution in [0.4, 0.5) is 13.2 Å². The second kappa shape index (κ2) is 9.61. The summed E-state index contributed by atoms with van der Waals surface area (Å²) in [7, 11) is -5.78. The minimum Gasteiger partial charge on any atom is -0.459 e. The highest BCUT2D eigenvalue weighted by molar-refractivity contribution is 7.88. The van der Waals surface area contributed by atoms with Gasteiger partial charge in [-0.05, 0) is 23.3 Å². The smallest absolute Gasteiger partial charge is 0.459 e. The molecule has 1 N–H and O–H groups in total. The molecule has 2 aromatic rings. The Kier molecular flexibility index (Phi) is 7.43. The second-order valence-corrected chi connectivity index (χ2v) is 7.72. The average Bonchev–Trinajstić information content (AvgIpc) is 2.66. The van der Waals surface area contributed by atoms with E-state index >= 15 is 0 Å². The van der Waals surface area contributed by atoms with Gasteiger partial charge in [-0.3, -0.25) is 4.79 Å². The van der Waals surface area contributed by atoms with Crippen molar-refractivity contribution < 1.29 is 40.1 Å². The summed E-state index contributed by atoms with van der Waals surface area (Å²) in [4.78, 5) is 23.8. The van der Waals surface area contributed by atoms with Crippen LogP contribution in [0.2, 0.25) is 0 Å². The summed E-state index contributed by atoms with van der Waals surface area (Å²) in [5, 5.41) is 2.45. The molecule has 0 saturated heterocycles. The van der Waals surface area contributed by atoms with E-state index in [9.17, 15) is 31.2 Å². The molecule has 1 atom stereocenters. The summed E-state index contributed by atoms with van der Waals surface area (Å²) in [5.41, 5.74) is -4.37. The first kappa shape index (κ1) is 23.2. The summed E-state index contributed by atoms with van der Waals surface area (Å²) in [6, 6.07) is 12.4. The third-order valence-electron chi connectivity index (χ3n) is 3.74. The molecule has 0 bridgehead atoms. The summed E-state index contributed by atoms with van der Waals surface area (Å²) in [6.45, 7) is 1.22. The van der Waals surface area contributed by atoms with Gasteiger partial charge < -0.3 is 14.2 Å². The fourth-order valence-electron chi connectivity index (χ4n) is 2.36. The fourth-order valence-corrected chi connectivity index (χ4v) is 2.82. The minimum absolute atomic E-state index is 0.00215. The van der Waals surface area contributed by atoms with E-state index in [0.717, 1.165) is 17.7 Å². The minimum atomic E-state index is -5.78. The molecule has 0 heterocycles. The van der Waals surface area contributed by atoms with Crippen molar-refractivity contribution in [2.75, 3.05) is 0 Å². The maximum absolute atomic E-state index is 12.4. The molecule has 0 fully saturated rings. The van der Waals surface area contributed by atoms with E-state index < -0.39 is 39.3 Å². The van der Waals surface area contributed by atoms with Gasteiger partial charge in [0.05, 0.1) is 0 Å². The lowest BCUT2D eigenvalue weighted by Gasteiger charge is -2.17. The number of ether oxygens (including phenoxy) is 1. The lowest BCUT2D eigenvalue weighted by Crippen LogP contribution is -2.42. The topological polar surface area (TPSA) is 98.8 Å². The number of amides is 1. The highest BCUT2D eigenvalue weighted by Crippen LogP contribution is 2.27. The zero-order valence-electron chi connectivity index (χ0n) is 15.7. The summed E-state index contributed by atoms with van der Waals surface area (Å²) in [5.74, 6) is -1.72. The van der Waals surface area contributed by atoms with E-state index in [0.29, 0.717) is 5.56 Å². The maximum Gasteiger partial charge on any atom is 0.534 e. The Morgan fingerprint density at radius 3 is 2.13 bits per heavy atom. The normalized spacial score (nSPS) is 12.7. The average molecular weight is 445 g/mol. The van der Waals surface area contributed by atoms with Gasteiger partial charge in [-0.25, -0.2) is 4.79 Å². The number of carbonyl (C=O) groups is 2. The molecule has 11 heteroatoms. The third kappa shape index (κ3) is 6.76. The molecular weight excluding hydrogens is 427 g/mol. The number of rotatable bonds is 8. The number of carbonyl (C=O) groups excluding carboxylic acids is 2. The lowest BCUT2D eigenvalue weighted by atomic mass is 10.1. The van der Waals surface area contributed by atoms with Gasteiger partial charge in [0.2, 0.25) is 5.91 Å². The van der Waals surface area contributed by atoms with E-state index in [1.807, 2.05) is 0 Å². The first-order valence-corrected chi connectivity index (χ1v) is 9.96. The van der Waals surface area contributed by atoms with Crippen molar-refractivity contribution in [2.45, 2.75) is 31.5 Å². The molecule has 0 saturated carbocycles. The zero-order valence-corrected chi connectivity index (χ0v) is 16.5. The quantitative estimate of drug-likeness (QED) is 0.381. The Labute approximate surface area is 170 Å². The van der Waals surface area contributed by atoms with Gasteiger partial charge in [0.15, 0.2) is 0 Å². The largest absolute Gasteiger partial charge is 0.534 e. The predicted molar refractivity (Wildman–Crippen MR) is 99.6 cm³/mol. The monoisotopic (exact) mass is 445 g/mol. The highest BCUT2D eigenvalue weighted by atomic mass is 32.2. The van der Waals surface area contributed by atoms with E-state index in [4.69, 9.17) is 4.74 Å². The molecule has 0 spiro atoms. The van der Waals surface area contributed by atoms with E-state index in [1.54, 1.807) is 30.3 Å². The Morgan fingerprint density at radius 2 is 1.60 bits per heavy atom. The maximum atomic E-state index is 12.4. The summed E-state index contributed by atoms with van der Waals surface area (Å²) in [6.07, 6.45) is -0.0283. The molecular formula is C19H18F3NO6S. The molecule has 0 aromatic heterocycles. The van der Waals surface area contributed by atoms with Crippen molar-refractivity contribution >= 4 is 22.0 Å². The van der Waals surface area contributed by atoms with E-state index in [2.05, 4.69) is 9.50 Å². The summed E-state index contributed by atoms with van der Waals surface area (Å²) < 4.78 is 68.4. The van der Waals surface area contributed by atoms with Gasteiger partial charge in [0.25, 0.3) is 0 Å². The van der Waals surface area contributed by atoms with Crippen LogP contribution in [0.15, 0.2) is 54.6 Å². The van der Waals surface area contributed by atoms with Gasteiger partial charge in [0, 0.05) is 13.3 Å². The van der Waals surface area contributed by atoms with Crippen LogP contribution in [0.1, 0.15) is 18.1 Å². The molecule has 162 valence electrons. The molecule has 1 unspecified atom stereocenters. The Hall–Kier alpha value is -3.08. The number of esters is 1. The van der Waals surface area contributed by atoms with E-state index in [1.165, 1.54) is 19.1 Å². The molecule has 0 aliphatic heterocycles. The molecule has 7 nitrogen and oxygen atoms in total. The first-order valence-electron chi connectivity index (χ1n) is 8.55. The van der Waals surface area contributed by atoms with Gasteiger partial charge >= 0.3 is 21.6 Å². The van der Waals surface area contributed by atoms with Crippen LogP contribution in [0.3, 0.4) is 0 Å². The number of hydrogen-bond acceptors (Lipinski definition) is 6. The fraction of sp³-hybridized carbons (Fsp3) is 0.263. The molecule has 30 heavy (non-hydrogen) atoms. The van der Waals surface area contributed by atoms with Crippen LogP contribution in [0.5, 0.6) is 5.75 Å². The summed E-state index contributed by atoms with van der Waals surface area (Å²) >= 11 is 0. The Morgan fingerprint density at radius 1 is 1.00 bits per heavy atom. The van der Waals surface area contributed by atoms with Crippen molar-refractivity contribution in [3.8, 4) is 5.75 Å². The van der Waals surface area contributed by atoms with Crippen LogP contribution in [-0.4, -0.2) is 31.8 Å². The standard InChI is InChI=1S/C19H18F3NO6S/c1-13(24)23-17(18(25)28-12-15-5-3-2-4-6-15)11-14-7-9-16(10-8-14)29-30(26,27)19(20,21)22/h2-10,17H,11-12H2,1H3,(H,23,24). The van der Waals surface area contributed by atoms with Crippen LogP contribution >= 0.6 is 0 Å². The molecule has 1 amide bonds.